The van der Waals surface area contributed by atoms with Crippen molar-refractivity contribution in [2.24, 2.45) is 0 Å². The van der Waals surface area contributed by atoms with Crippen molar-refractivity contribution >= 4 is 22.5 Å². The van der Waals surface area contributed by atoms with Crippen LogP contribution in [-0.2, 0) is 13.0 Å². The summed E-state index contributed by atoms with van der Waals surface area (Å²) in [7, 11) is 0. The molecule has 1 heterocycles. The van der Waals surface area contributed by atoms with Gasteiger partial charge in [-0.2, -0.15) is 5.26 Å². The summed E-state index contributed by atoms with van der Waals surface area (Å²) in [5.41, 5.74) is 2.98. The van der Waals surface area contributed by atoms with Crippen LogP contribution in [0.3, 0.4) is 0 Å². The maximum atomic E-state index is 11.0. The van der Waals surface area contributed by atoms with E-state index in [2.05, 4.69) is 78.7 Å². The second-order valence-corrected chi connectivity index (χ2v) is 10.3. The highest BCUT2D eigenvalue weighted by Crippen LogP contribution is 2.26. The molecule has 4 rings (SSSR count). The minimum absolute atomic E-state index is 0.106. The van der Waals surface area contributed by atoms with Crippen molar-refractivity contribution in [1.82, 2.24) is 10.2 Å². The molecule has 0 amide bonds. The lowest BCUT2D eigenvalue weighted by Crippen LogP contribution is -2.50. The molecule has 0 radical (unpaired) electrons. The predicted molar refractivity (Wildman–Crippen MR) is 134 cm³/mol. The molecule has 3 aromatic rings. The Bertz CT molecular complexity index is 1110. The van der Waals surface area contributed by atoms with Crippen molar-refractivity contribution in [3.63, 3.8) is 0 Å². The average molecular weight is 446 g/mol. The summed E-state index contributed by atoms with van der Waals surface area (Å²) < 4.78 is 0. The predicted octanol–water partition coefficient (Wildman–Crippen LogP) is 4.56. The van der Waals surface area contributed by atoms with Gasteiger partial charge in [0.05, 0.1) is 17.7 Å². The molecule has 2 N–H and O–H groups in total. The van der Waals surface area contributed by atoms with Gasteiger partial charge in [-0.15, -0.1) is 11.8 Å². The third-order valence-corrected chi connectivity index (χ3v) is 7.24. The molecule has 0 bridgehead atoms. The number of hydrogen-bond acceptors (Lipinski definition) is 5. The molecule has 0 aromatic heterocycles. The molecule has 0 aliphatic carbocycles. The van der Waals surface area contributed by atoms with Crippen LogP contribution in [0, 0.1) is 11.3 Å². The van der Waals surface area contributed by atoms with Gasteiger partial charge in [0.1, 0.15) is 0 Å². The minimum atomic E-state index is -0.444. The largest absolute Gasteiger partial charge is 0.390 e. The Morgan fingerprint density at radius 3 is 2.72 bits per heavy atom. The van der Waals surface area contributed by atoms with Crippen molar-refractivity contribution in [2.45, 2.75) is 44.5 Å². The van der Waals surface area contributed by atoms with Gasteiger partial charge in [0.2, 0.25) is 0 Å². The van der Waals surface area contributed by atoms with Crippen LogP contribution in [-0.4, -0.2) is 45.9 Å². The van der Waals surface area contributed by atoms with E-state index in [1.54, 1.807) is 0 Å². The maximum absolute atomic E-state index is 11.0. The lowest BCUT2D eigenvalue weighted by atomic mass is 9.93. The Morgan fingerprint density at radius 1 is 1.09 bits per heavy atom. The number of fused-ring (bicyclic) bond motifs is 1. The quantitative estimate of drug-likeness (QED) is 0.532. The first kappa shape index (κ1) is 22.8. The lowest BCUT2D eigenvalue weighted by Gasteiger charge is -2.32. The molecule has 0 unspecified atom stereocenters. The summed E-state index contributed by atoms with van der Waals surface area (Å²) in [6, 6.07) is 25.2. The van der Waals surface area contributed by atoms with Crippen LogP contribution in [0.2, 0.25) is 0 Å². The Labute approximate surface area is 195 Å². The Morgan fingerprint density at radius 2 is 1.91 bits per heavy atom. The second kappa shape index (κ2) is 10.1. The van der Waals surface area contributed by atoms with Gasteiger partial charge in [0, 0.05) is 36.3 Å². The molecule has 0 saturated carbocycles. The number of aliphatic hydroxyl groups excluding tert-OH is 1. The van der Waals surface area contributed by atoms with Gasteiger partial charge in [0.15, 0.2) is 0 Å². The van der Waals surface area contributed by atoms with Gasteiger partial charge in [-0.25, -0.2) is 0 Å². The minimum Gasteiger partial charge on any atom is -0.390 e. The molecular weight excluding hydrogens is 414 g/mol. The molecule has 3 aromatic carbocycles. The third kappa shape index (κ3) is 5.70. The highest BCUT2D eigenvalue weighted by Gasteiger charge is 2.32. The Kier molecular flexibility index (Phi) is 7.17. The summed E-state index contributed by atoms with van der Waals surface area (Å²) in [4.78, 5) is 2.32. The number of rotatable bonds is 8. The monoisotopic (exact) mass is 445 g/mol. The summed E-state index contributed by atoms with van der Waals surface area (Å²) in [5, 5.41) is 26.3. The Hall–Kier alpha value is -2.36. The molecule has 4 nitrogen and oxygen atoms in total. The van der Waals surface area contributed by atoms with Crippen molar-refractivity contribution in [2.75, 3.05) is 18.2 Å². The first-order valence-corrected chi connectivity index (χ1v) is 12.3. The normalized spacial score (nSPS) is 18.0. The van der Waals surface area contributed by atoms with Gasteiger partial charge in [0.25, 0.3) is 0 Å². The molecule has 2 atom stereocenters. The summed E-state index contributed by atoms with van der Waals surface area (Å²) >= 11 is 1.86. The van der Waals surface area contributed by atoms with Crippen LogP contribution in [0.4, 0.5) is 0 Å². The molecule has 32 heavy (non-hydrogen) atoms. The number of hydrogen-bond donors (Lipinski definition) is 2. The van der Waals surface area contributed by atoms with Crippen LogP contribution in [0.15, 0.2) is 66.7 Å². The number of nitrogens with one attached hydrogen (secondary N) is 1. The second-order valence-electron chi connectivity index (χ2n) is 9.32. The lowest BCUT2D eigenvalue weighted by molar-refractivity contribution is 0.0684. The zero-order chi connectivity index (χ0) is 22.6. The van der Waals surface area contributed by atoms with E-state index in [1.165, 1.54) is 16.3 Å². The number of β-amino-alcohol motifs (C(OH)–C–C–N with tert-alkyl or cyclic N) is 1. The first-order chi connectivity index (χ1) is 15.4. The Balaban J connectivity index is 1.34. The van der Waals surface area contributed by atoms with Crippen molar-refractivity contribution < 1.29 is 5.11 Å². The molecule has 166 valence electrons. The average Bonchev–Trinajstić information content (AvgIpc) is 3.25. The van der Waals surface area contributed by atoms with Gasteiger partial charge in [-0.3, -0.25) is 4.90 Å². The molecule has 1 aliphatic heterocycles. The number of nitriles is 1. The molecule has 0 spiro atoms. The fraction of sp³-hybridized carbons (Fsp3) is 0.370. The van der Waals surface area contributed by atoms with Crippen LogP contribution >= 0.6 is 11.8 Å². The number of aliphatic hydroxyl groups is 1. The highest BCUT2D eigenvalue weighted by atomic mass is 32.2. The summed E-state index contributed by atoms with van der Waals surface area (Å²) in [6.07, 6.45) is 0.453. The van der Waals surface area contributed by atoms with E-state index in [-0.39, 0.29) is 11.6 Å². The maximum Gasteiger partial charge on any atom is 0.0991 e. The summed E-state index contributed by atoms with van der Waals surface area (Å²) in [6.45, 7) is 5.71. The molecule has 1 fully saturated rings. The molecular formula is C27H31N3OS. The van der Waals surface area contributed by atoms with E-state index < -0.39 is 6.10 Å². The highest BCUT2D eigenvalue weighted by molar-refractivity contribution is 7.99. The topological polar surface area (TPSA) is 59.3 Å². The fourth-order valence-electron chi connectivity index (χ4n) is 4.42. The van der Waals surface area contributed by atoms with Gasteiger partial charge >= 0.3 is 0 Å². The number of benzene rings is 3. The standard InChI is InChI=1S/C27H31N3OS/c1-27(2,14-20-10-11-23-8-3-4-9-24(23)13-20)29-16-26(31)25-18-32-19-30(25)17-22-7-5-6-21(12-22)15-28/h3-13,25-26,29,31H,14,16-19H2,1-2H3/t25-,26-/m1/s1. The van der Waals surface area contributed by atoms with Crippen molar-refractivity contribution in [3.8, 4) is 6.07 Å². The van der Waals surface area contributed by atoms with Crippen LogP contribution < -0.4 is 5.32 Å². The SMILES string of the molecule is CC(C)(Cc1ccc2ccccc2c1)NC[C@@H](O)[C@H]1CSCN1Cc1cccc(C#N)c1. The van der Waals surface area contributed by atoms with E-state index in [9.17, 15) is 5.11 Å². The van der Waals surface area contributed by atoms with E-state index in [1.807, 2.05) is 30.0 Å². The summed E-state index contributed by atoms with van der Waals surface area (Å²) in [5.74, 6) is 1.82. The smallest absolute Gasteiger partial charge is 0.0991 e. The first-order valence-electron chi connectivity index (χ1n) is 11.2. The molecule has 5 heteroatoms. The third-order valence-electron chi connectivity index (χ3n) is 6.15. The van der Waals surface area contributed by atoms with Gasteiger partial charge in [-0.05, 0) is 54.3 Å². The van der Waals surface area contributed by atoms with Crippen LogP contribution in [0.1, 0.15) is 30.5 Å². The van der Waals surface area contributed by atoms with E-state index in [0.717, 1.165) is 30.2 Å². The van der Waals surface area contributed by atoms with E-state index in [0.29, 0.717) is 12.1 Å². The molecule has 1 aliphatic rings. The zero-order valence-electron chi connectivity index (χ0n) is 18.8. The van der Waals surface area contributed by atoms with E-state index in [4.69, 9.17) is 5.26 Å². The number of nitrogens with zero attached hydrogens (tertiary/aromatic N) is 2. The van der Waals surface area contributed by atoms with Crippen molar-refractivity contribution in [1.29, 1.82) is 5.26 Å². The van der Waals surface area contributed by atoms with Gasteiger partial charge in [-0.1, -0.05) is 54.6 Å². The van der Waals surface area contributed by atoms with Crippen LogP contribution in [0.5, 0.6) is 0 Å². The molecule has 1 saturated heterocycles. The zero-order valence-corrected chi connectivity index (χ0v) is 19.6. The van der Waals surface area contributed by atoms with Gasteiger partial charge < -0.3 is 10.4 Å². The van der Waals surface area contributed by atoms with Crippen molar-refractivity contribution in [3.05, 3.63) is 83.4 Å². The number of thioether (sulfide) groups is 1. The fourth-order valence-corrected chi connectivity index (χ4v) is 5.72. The van der Waals surface area contributed by atoms with E-state index >= 15 is 0 Å². The van der Waals surface area contributed by atoms with Crippen LogP contribution in [0.25, 0.3) is 10.8 Å².